The molecule has 0 spiro atoms. The molecule has 0 saturated carbocycles. The molecule has 0 aromatic heterocycles. The summed E-state index contributed by atoms with van der Waals surface area (Å²) in [6.07, 6.45) is 0.959. The van der Waals surface area contributed by atoms with Crippen LogP contribution in [0.2, 0.25) is 0 Å². The fourth-order valence-electron chi connectivity index (χ4n) is 1.57. The van der Waals surface area contributed by atoms with E-state index in [9.17, 15) is 0 Å². The van der Waals surface area contributed by atoms with Gasteiger partial charge in [-0.05, 0) is 19.4 Å². The van der Waals surface area contributed by atoms with Gasteiger partial charge in [-0.3, -0.25) is 4.99 Å². The van der Waals surface area contributed by atoms with Gasteiger partial charge < -0.3 is 0 Å². The lowest BCUT2D eigenvalue weighted by Gasteiger charge is -2.10. The largest absolute Gasteiger partial charge is 0.270 e. The third-order valence-electron chi connectivity index (χ3n) is 2.37. The smallest absolute Gasteiger partial charge is 0.120 e. The van der Waals surface area contributed by atoms with Gasteiger partial charge >= 0.3 is 0 Å². The molecule has 0 radical (unpaired) electrons. The first-order chi connectivity index (χ1) is 6.75. The molecular weight excluding hydrogens is 172 g/mol. The maximum atomic E-state index is 4.45. The minimum atomic E-state index is 0.874. The molecule has 1 aliphatic rings. The number of nitrogens with zero attached hydrogens (tertiary/aromatic N) is 2. The van der Waals surface area contributed by atoms with E-state index >= 15 is 0 Å². The summed E-state index contributed by atoms with van der Waals surface area (Å²) in [5, 5.41) is 0. The average Bonchev–Trinajstić information content (AvgIpc) is 2.19. The molecule has 2 nitrogen and oxygen atoms in total. The van der Waals surface area contributed by atoms with E-state index in [1.54, 1.807) is 0 Å². The summed E-state index contributed by atoms with van der Waals surface area (Å²) in [6, 6.07) is 8.51. The van der Waals surface area contributed by atoms with Crippen molar-refractivity contribution >= 4 is 11.5 Å². The van der Waals surface area contributed by atoms with E-state index in [0.29, 0.717) is 0 Å². The Labute approximate surface area is 84.4 Å². The second-order valence-electron chi connectivity index (χ2n) is 3.60. The Bertz CT molecular complexity index is 385. The standard InChI is InChI=1S/C12H14N2/c1-9-3-5-11(6-4-9)12-7-8-13-10(2)14-12/h3-6H,7-8H2,1-2H3. The molecule has 14 heavy (non-hydrogen) atoms. The maximum absolute atomic E-state index is 4.45. The molecule has 0 aliphatic carbocycles. The van der Waals surface area contributed by atoms with Crippen LogP contribution in [0.4, 0.5) is 0 Å². The number of amidine groups is 1. The van der Waals surface area contributed by atoms with Crippen molar-refractivity contribution in [2.24, 2.45) is 9.98 Å². The molecule has 2 heteroatoms. The van der Waals surface area contributed by atoms with Gasteiger partial charge in [0.05, 0.1) is 5.71 Å². The molecule has 0 bridgehead atoms. The van der Waals surface area contributed by atoms with Crippen molar-refractivity contribution in [1.29, 1.82) is 0 Å². The summed E-state index contributed by atoms with van der Waals surface area (Å²) in [5.74, 6) is 0.895. The van der Waals surface area contributed by atoms with E-state index in [1.165, 1.54) is 11.1 Å². The Morgan fingerprint density at radius 3 is 2.43 bits per heavy atom. The molecular formula is C12H14N2. The molecule has 0 saturated heterocycles. The van der Waals surface area contributed by atoms with Crippen molar-refractivity contribution in [2.45, 2.75) is 20.3 Å². The van der Waals surface area contributed by atoms with Crippen LogP contribution in [-0.4, -0.2) is 18.1 Å². The number of aliphatic imine (C=N–C) groups is 2. The number of hydrogen-bond donors (Lipinski definition) is 0. The zero-order chi connectivity index (χ0) is 9.97. The van der Waals surface area contributed by atoms with E-state index in [4.69, 9.17) is 0 Å². The normalized spacial score (nSPS) is 16.1. The predicted molar refractivity (Wildman–Crippen MR) is 60.3 cm³/mol. The highest BCUT2D eigenvalue weighted by molar-refractivity contribution is 6.08. The van der Waals surface area contributed by atoms with Crippen LogP contribution >= 0.6 is 0 Å². The summed E-state index contributed by atoms with van der Waals surface area (Å²) >= 11 is 0. The van der Waals surface area contributed by atoms with Gasteiger partial charge in [0.2, 0.25) is 0 Å². The maximum Gasteiger partial charge on any atom is 0.120 e. The quantitative estimate of drug-likeness (QED) is 0.644. The second kappa shape index (κ2) is 3.74. The van der Waals surface area contributed by atoms with Crippen LogP contribution < -0.4 is 0 Å². The SMILES string of the molecule is CC1=NCCC(c2ccc(C)cc2)=N1. The molecule has 1 aliphatic heterocycles. The fourth-order valence-corrected chi connectivity index (χ4v) is 1.57. The Morgan fingerprint density at radius 1 is 1.07 bits per heavy atom. The average molecular weight is 186 g/mol. The molecule has 1 aromatic carbocycles. The zero-order valence-corrected chi connectivity index (χ0v) is 8.62. The van der Waals surface area contributed by atoms with Crippen LogP contribution in [0.15, 0.2) is 34.3 Å². The van der Waals surface area contributed by atoms with Gasteiger partial charge in [0.25, 0.3) is 0 Å². The van der Waals surface area contributed by atoms with Crippen molar-refractivity contribution in [1.82, 2.24) is 0 Å². The van der Waals surface area contributed by atoms with Crippen molar-refractivity contribution in [3.63, 3.8) is 0 Å². The highest BCUT2D eigenvalue weighted by atomic mass is 14.9. The Kier molecular flexibility index (Phi) is 2.44. The number of hydrogen-bond acceptors (Lipinski definition) is 2. The van der Waals surface area contributed by atoms with Crippen molar-refractivity contribution in [3.8, 4) is 0 Å². The lowest BCUT2D eigenvalue weighted by Crippen LogP contribution is -2.10. The van der Waals surface area contributed by atoms with Crippen LogP contribution in [-0.2, 0) is 0 Å². The van der Waals surface area contributed by atoms with Crippen LogP contribution in [0, 0.1) is 6.92 Å². The van der Waals surface area contributed by atoms with Gasteiger partial charge in [-0.15, -0.1) is 0 Å². The minimum Gasteiger partial charge on any atom is -0.270 e. The Morgan fingerprint density at radius 2 is 1.79 bits per heavy atom. The van der Waals surface area contributed by atoms with Gasteiger partial charge in [-0.1, -0.05) is 29.8 Å². The van der Waals surface area contributed by atoms with Gasteiger partial charge in [0.15, 0.2) is 0 Å². The van der Waals surface area contributed by atoms with Crippen LogP contribution in [0.25, 0.3) is 0 Å². The predicted octanol–water partition coefficient (Wildman–Crippen LogP) is 2.61. The Balaban J connectivity index is 2.31. The van der Waals surface area contributed by atoms with E-state index in [1.807, 2.05) is 6.92 Å². The zero-order valence-electron chi connectivity index (χ0n) is 8.62. The summed E-state index contributed by atoms with van der Waals surface area (Å²) in [6.45, 7) is 4.92. The Hall–Kier alpha value is -1.44. The van der Waals surface area contributed by atoms with Crippen LogP contribution in [0.5, 0.6) is 0 Å². The van der Waals surface area contributed by atoms with Crippen molar-refractivity contribution in [2.75, 3.05) is 6.54 Å². The third-order valence-corrected chi connectivity index (χ3v) is 2.37. The molecule has 0 atom stereocenters. The monoisotopic (exact) mass is 186 g/mol. The molecule has 1 aromatic rings. The van der Waals surface area contributed by atoms with E-state index in [0.717, 1.165) is 24.5 Å². The minimum absolute atomic E-state index is 0.874. The van der Waals surface area contributed by atoms with Gasteiger partial charge in [0.1, 0.15) is 5.84 Å². The number of aryl methyl sites for hydroxylation is 1. The third kappa shape index (κ3) is 1.90. The summed E-state index contributed by atoms with van der Waals surface area (Å²) in [5.41, 5.74) is 3.68. The first-order valence-electron chi connectivity index (χ1n) is 4.91. The van der Waals surface area contributed by atoms with Gasteiger partial charge in [-0.2, -0.15) is 0 Å². The fraction of sp³-hybridized carbons (Fsp3) is 0.333. The first kappa shape index (κ1) is 9.13. The highest BCUT2D eigenvalue weighted by Crippen LogP contribution is 2.10. The first-order valence-corrected chi connectivity index (χ1v) is 4.91. The van der Waals surface area contributed by atoms with E-state index < -0.39 is 0 Å². The van der Waals surface area contributed by atoms with E-state index in [-0.39, 0.29) is 0 Å². The topological polar surface area (TPSA) is 24.7 Å². The van der Waals surface area contributed by atoms with Crippen LogP contribution in [0.3, 0.4) is 0 Å². The molecule has 0 amide bonds. The molecule has 0 unspecified atom stereocenters. The lowest BCUT2D eigenvalue weighted by atomic mass is 10.1. The lowest BCUT2D eigenvalue weighted by molar-refractivity contribution is 1.01. The van der Waals surface area contributed by atoms with Crippen molar-refractivity contribution in [3.05, 3.63) is 35.4 Å². The molecule has 0 fully saturated rings. The summed E-state index contributed by atoms with van der Waals surface area (Å²) in [7, 11) is 0. The summed E-state index contributed by atoms with van der Waals surface area (Å²) < 4.78 is 0. The van der Waals surface area contributed by atoms with E-state index in [2.05, 4.69) is 41.2 Å². The van der Waals surface area contributed by atoms with Crippen LogP contribution in [0.1, 0.15) is 24.5 Å². The molecule has 2 rings (SSSR count). The second-order valence-corrected chi connectivity index (χ2v) is 3.60. The van der Waals surface area contributed by atoms with Crippen molar-refractivity contribution < 1.29 is 0 Å². The molecule has 72 valence electrons. The number of benzene rings is 1. The van der Waals surface area contributed by atoms with Gasteiger partial charge in [0, 0.05) is 13.0 Å². The summed E-state index contributed by atoms with van der Waals surface area (Å²) in [4.78, 5) is 8.70. The molecule has 1 heterocycles. The highest BCUT2D eigenvalue weighted by Gasteiger charge is 2.07. The van der Waals surface area contributed by atoms with Gasteiger partial charge in [-0.25, -0.2) is 4.99 Å². The molecule has 0 N–H and O–H groups in total. The number of rotatable bonds is 1.